The van der Waals surface area contributed by atoms with Crippen LogP contribution in [0.2, 0.25) is 0 Å². The minimum absolute atomic E-state index is 0.0292. The third kappa shape index (κ3) is 3.27. The van der Waals surface area contributed by atoms with Crippen molar-refractivity contribution in [1.82, 2.24) is 14.3 Å². The van der Waals surface area contributed by atoms with E-state index in [0.29, 0.717) is 11.9 Å². The molecule has 1 saturated heterocycles. The van der Waals surface area contributed by atoms with Crippen LogP contribution in [-0.2, 0) is 0 Å². The predicted octanol–water partition coefficient (Wildman–Crippen LogP) is 3.95. The van der Waals surface area contributed by atoms with Gasteiger partial charge in [-0.15, -0.1) is 0 Å². The van der Waals surface area contributed by atoms with Crippen molar-refractivity contribution < 1.29 is 4.42 Å². The molecule has 0 N–H and O–H groups in total. The molecule has 1 fully saturated rings. The Bertz CT molecular complexity index is 1290. The zero-order valence-corrected chi connectivity index (χ0v) is 17.6. The van der Waals surface area contributed by atoms with Crippen molar-refractivity contribution in [3.8, 4) is 11.1 Å². The van der Waals surface area contributed by atoms with Gasteiger partial charge in [0.05, 0.1) is 5.69 Å². The minimum Gasteiger partial charge on any atom is -0.441 e. The summed E-state index contributed by atoms with van der Waals surface area (Å²) >= 11 is 0. The van der Waals surface area contributed by atoms with Crippen molar-refractivity contribution in [1.29, 1.82) is 0 Å². The Hall–Kier alpha value is -3.12. The van der Waals surface area contributed by atoms with Crippen molar-refractivity contribution in [2.45, 2.75) is 26.8 Å². The molecular weight excluding hydrogens is 376 g/mol. The number of nitrogens with zero attached hydrogens (tertiary/aromatic N) is 4. The van der Waals surface area contributed by atoms with Gasteiger partial charge in [0.15, 0.2) is 11.5 Å². The van der Waals surface area contributed by atoms with E-state index in [1.165, 1.54) is 0 Å². The molecule has 154 valence electrons. The molecule has 0 saturated carbocycles. The molecule has 0 unspecified atom stereocenters. The lowest BCUT2D eigenvalue weighted by Gasteiger charge is -2.40. The average molecular weight is 402 g/mol. The number of likely N-dealkylation sites (N-methyl/N-ethyl adjacent to an activating group) is 1. The number of aromatic nitrogens is 2. The normalized spacial score (nSPS) is 17.8. The third-order valence-electron chi connectivity index (χ3n) is 6.15. The van der Waals surface area contributed by atoms with Crippen molar-refractivity contribution in [2.75, 3.05) is 31.1 Å². The molecule has 4 aromatic rings. The first-order valence-corrected chi connectivity index (χ1v) is 10.5. The van der Waals surface area contributed by atoms with Crippen LogP contribution >= 0.6 is 0 Å². The number of pyridine rings is 2. The Morgan fingerprint density at radius 1 is 1.10 bits per heavy atom. The Morgan fingerprint density at radius 3 is 2.77 bits per heavy atom. The van der Waals surface area contributed by atoms with E-state index in [2.05, 4.69) is 34.7 Å². The lowest BCUT2D eigenvalue weighted by atomic mass is 10.1. The van der Waals surface area contributed by atoms with Crippen molar-refractivity contribution in [3.63, 3.8) is 0 Å². The molecule has 0 aliphatic carbocycles. The SMILES string of the molecule is CCN1CCN(c2ccc3cc(-c4ccc5nc(C)oc5c4)cc(=O)n3c2)C[C@@H]1C. The van der Waals surface area contributed by atoms with E-state index in [4.69, 9.17) is 4.42 Å². The number of fused-ring (bicyclic) bond motifs is 2. The summed E-state index contributed by atoms with van der Waals surface area (Å²) in [6.45, 7) is 10.4. The second kappa shape index (κ2) is 7.29. The lowest BCUT2D eigenvalue weighted by Crippen LogP contribution is -2.51. The molecule has 6 heteroatoms. The molecule has 0 spiro atoms. The number of rotatable bonds is 3. The van der Waals surface area contributed by atoms with E-state index in [1.54, 1.807) is 10.5 Å². The van der Waals surface area contributed by atoms with Crippen LogP contribution in [0, 0.1) is 6.92 Å². The second-order valence-corrected chi connectivity index (χ2v) is 8.10. The maximum Gasteiger partial charge on any atom is 0.255 e. The van der Waals surface area contributed by atoms with E-state index in [1.807, 2.05) is 43.5 Å². The first-order chi connectivity index (χ1) is 14.5. The highest BCUT2D eigenvalue weighted by Gasteiger charge is 2.22. The fraction of sp³-hybridized carbons (Fsp3) is 0.333. The van der Waals surface area contributed by atoms with Gasteiger partial charge in [-0.25, -0.2) is 4.98 Å². The van der Waals surface area contributed by atoms with Crippen molar-refractivity contribution >= 4 is 22.3 Å². The number of hydrogen-bond acceptors (Lipinski definition) is 5. The van der Waals surface area contributed by atoms with Crippen LogP contribution in [0.15, 0.2) is 57.9 Å². The summed E-state index contributed by atoms with van der Waals surface area (Å²) in [7, 11) is 0. The molecule has 0 bridgehead atoms. The second-order valence-electron chi connectivity index (χ2n) is 8.10. The molecule has 1 aliphatic rings. The average Bonchev–Trinajstić information content (AvgIpc) is 3.12. The molecule has 0 amide bonds. The smallest absolute Gasteiger partial charge is 0.255 e. The van der Waals surface area contributed by atoms with Crippen LogP contribution in [-0.4, -0.2) is 46.5 Å². The first kappa shape index (κ1) is 18.9. The minimum atomic E-state index is -0.0292. The van der Waals surface area contributed by atoms with E-state index in [0.717, 1.165) is 59.6 Å². The Kier molecular flexibility index (Phi) is 4.59. The molecule has 0 radical (unpaired) electrons. The fourth-order valence-corrected chi connectivity index (χ4v) is 4.49. The summed E-state index contributed by atoms with van der Waals surface area (Å²) in [6.07, 6.45) is 1.97. The molecule has 6 nitrogen and oxygen atoms in total. The molecule has 1 aliphatic heterocycles. The van der Waals surface area contributed by atoms with Crippen LogP contribution in [0.1, 0.15) is 19.7 Å². The van der Waals surface area contributed by atoms with Gasteiger partial charge in [0.2, 0.25) is 0 Å². The van der Waals surface area contributed by atoms with E-state index < -0.39 is 0 Å². The topological polar surface area (TPSA) is 54.0 Å². The van der Waals surface area contributed by atoms with Gasteiger partial charge in [-0.3, -0.25) is 14.1 Å². The van der Waals surface area contributed by atoms with E-state index in [9.17, 15) is 4.79 Å². The Labute approximate surface area is 175 Å². The van der Waals surface area contributed by atoms with Crippen LogP contribution in [0.4, 0.5) is 5.69 Å². The highest BCUT2D eigenvalue weighted by molar-refractivity contribution is 5.81. The summed E-state index contributed by atoms with van der Waals surface area (Å²) in [5, 5.41) is 0. The van der Waals surface area contributed by atoms with Crippen LogP contribution in [0.5, 0.6) is 0 Å². The van der Waals surface area contributed by atoms with E-state index >= 15 is 0 Å². The van der Waals surface area contributed by atoms with Crippen molar-refractivity contribution in [3.05, 3.63) is 64.9 Å². The standard InChI is InChI=1S/C24H26N4O2/c1-4-26-9-10-27(14-16(26)2)21-7-6-20-11-19(13-24(29)28(20)15-21)18-5-8-22-23(12-18)30-17(3)25-22/h5-8,11-13,15-16H,4,9-10,14H2,1-3H3/t16-/m0/s1. The van der Waals surface area contributed by atoms with Gasteiger partial charge in [0.25, 0.3) is 5.56 Å². The fourth-order valence-electron chi connectivity index (χ4n) is 4.49. The summed E-state index contributed by atoms with van der Waals surface area (Å²) in [6, 6.07) is 14.3. The number of aryl methyl sites for hydroxylation is 1. The zero-order valence-electron chi connectivity index (χ0n) is 17.6. The molecule has 3 aromatic heterocycles. The highest BCUT2D eigenvalue weighted by atomic mass is 16.3. The predicted molar refractivity (Wildman–Crippen MR) is 120 cm³/mol. The summed E-state index contributed by atoms with van der Waals surface area (Å²) in [4.78, 5) is 22.1. The number of piperazine rings is 1. The van der Waals surface area contributed by atoms with Gasteiger partial charge in [-0.1, -0.05) is 13.0 Å². The van der Waals surface area contributed by atoms with Gasteiger partial charge in [-0.2, -0.15) is 0 Å². The Balaban J connectivity index is 1.50. The van der Waals surface area contributed by atoms with Crippen LogP contribution < -0.4 is 10.5 Å². The van der Waals surface area contributed by atoms with Gasteiger partial charge >= 0.3 is 0 Å². The van der Waals surface area contributed by atoms with Crippen molar-refractivity contribution in [2.24, 2.45) is 0 Å². The molecule has 1 aromatic carbocycles. The van der Waals surface area contributed by atoms with Gasteiger partial charge < -0.3 is 9.32 Å². The summed E-state index contributed by atoms with van der Waals surface area (Å²) in [5.41, 5.74) is 5.35. The molecule has 4 heterocycles. The van der Waals surface area contributed by atoms with Crippen LogP contribution in [0.25, 0.3) is 27.7 Å². The van der Waals surface area contributed by atoms with Gasteiger partial charge in [-0.05, 0) is 54.9 Å². The lowest BCUT2D eigenvalue weighted by molar-refractivity contribution is 0.199. The molecule has 30 heavy (non-hydrogen) atoms. The summed E-state index contributed by atoms with van der Waals surface area (Å²) in [5.74, 6) is 0.641. The van der Waals surface area contributed by atoms with Crippen LogP contribution in [0.3, 0.4) is 0 Å². The number of hydrogen-bond donors (Lipinski definition) is 0. The number of anilines is 1. The maximum atomic E-state index is 12.9. The monoisotopic (exact) mass is 402 g/mol. The van der Waals surface area contributed by atoms with E-state index in [-0.39, 0.29) is 5.56 Å². The maximum absolute atomic E-state index is 12.9. The number of oxazole rings is 1. The van der Waals surface area contributed by atoms with Gasteiger partial charge in [0.1, 0.15) is 5.52 Å². The Morgan fingerprint density at radius 2 is 1.97 bits per heavy atom. The first-order valence-electron chi connectivity index (χ1n) is 10.5. The summed E-state index contributed by atoms with van der Waals surface area (Å²) < 4.78 is 7.39. The largest absolute Gasteiger partial charge is 0.441 e. The molecule has 1 atom stereocenters. The van der Waals surface area contributed by atoms with Gasteiger partial charge in [0, 0.05) is 50.4 Å². The third-order valence-corrected chi connectivity index (χ3v) is 6.15. The molecular formula is C24H26N4O2. The zero-order chi connectivity index (χ0) is 20.8. The highest BCUT2D eigenvalue weighted by Crippen LogP contribution is 2.26. The molecule has 5 rings (SSSR count). The number of benzene rings is 1. The quantitative estimate of drug-likeness (QED) is 0.519.